The van der Waals surface area contributed by atoms with Crippen molar-refractivity contribution in [2.45, 2.75) is 46.6 Å². The van der Waals surface area contributed by atoms with Gasteiger partial charge in [-0.25, -0.2) is 4.98 Å². The average Bonchev–Trinajstić information content (AvgIpc) is 2.28. The smallest absolute Gasteiger partial charge is 0.0946 e. The van der Waals surface area contributed by atoms with E-state index in [0.29, 0.717) is 5.92 Å². The second-order valence-electron chi connectivity index (χ2n) is 4.34. The zero-order chi connectivity index (χ0) is 10.7. The van der Waals surface area contributed by atoms with E-state index in [1.165, 1.54) is 9.88 Å². The van der Waals surface area contributed by atoms with Gasteiger partial charge in [-0.15, -0.1) is 11.3 Å². The topological polar surface area (TPSA) is 38.9 Å². The Hall–Kier alpha value is -0.410. The standard InChI is InChI=1S/C11H20N2S/c1-7(2)5-10(12)6-11-13-8(3)9(4)14-11/h7,10H,5-6,12H2,1-4H3. The minimum absolute atomic E-state index is 0.264. The second-order valence-corrected chi connectivity index (χ2v) is 5.63. The van der Waals surface area contributed by atoms with Gasteiger partial charge in [0, 0.05) is 17.3 Å². The Morgan fingerprint density at radius 1 is 1.36 bits per heavy atom. The van der Waals surface area contributed by atoms with E-state index in [4.69, 9.17) is 5.73 Å². The number of nitrogens with zero attached hydrogens (tertiary/aromatic N) is 1. The van der Waals surface area contributed by atoms with Gasteiger partial charge in [-0.1, -0.05) is 13.8 Å². The maximum absolute atomic E-state index is 6.03. The molecule has 0 aliphatic rings. The molecule has 2 N–H and O–H groups in total. The highest BCUT2D eigenvalue weighted by molar-refractivity contribution is 7.11. The Kier molecular flexibility index (Phi) is 4.08. The fourth-order valence-corrected chi connectivity index (χ4v) is 2.57. The first-order valence-electron chi connectivity index (χ1n) is 5.17. The van der Waals surface area contributed by atoms with Crippen LogP contribution in [0.25, 0.3) is 0 Å². The largest absolute Gasteiger partial charge is 0.327 e. The Balaban J connectivity index is 2.51. The van der Waals surface area contributed by atoms with Crippen LogP contribution in [0.2, 0.25) is 0 Å². The highest BCUT2D eigenvalue weighted by Gasteiger charge is 2.10. The van der Waals surface area contributed by atoms with Crippen molar-refractivity contribution in [2.24, 2.45) is 11.7 Å². The summed E-state index contributed by atoms with van der Waals surface area (Å²) in [4.78, 5) is 5.81. The highest BCUT2D eigenvalue weighted by atomic mass is 32.1. The molecule has 0 fully saturated rings. The van der Waals surface area contributed by atoms with Crippen LogP contribution in [-0.2, 0) is 6.42 Å². The quantitative estimate of drug-likeness (QED) is 0.833. The van der Waals surface area contributed by atoms with Crippen molar-refractivity contribution in [2.75, 3.05) is 0 Å². The van der Waals surface area contributed by atoms with E-state index in [1.54, 1.807) is 11.3 Å². The van der Waals surface area contributed by atoms with Crippen molar-refractivity contribution in [1.82, 2.24) is 4.98 Å². The molecule has 1 unspecified atom stereocenters. The molecule has 0 saturated carbocycles. The number of nitrogens with two attached hydrogens (primary N) is 1. The van der Waals surface area contributed by atoms with Gasteiger partial charge in [0.15, 0.2) is 0 Å². The van der Waals surface area contributed by atoms with E-state index >= 15 is 0 Å². The molecular weight excluding hydrogens is 192 g/mol. The molecule has 0 aliphatic heterocycles. The summed E-state index contributed by atoms with van der Waals surface area (Å²) in [7, 11) is 0. The monoisotopic (exact) mass is 212 g/mol. The summed E-state index contributed by atoms with van der Waals surface area (Å²) >= 11 is 1.78. The highest BCUT2D eigenvalue weighted by Crippen LogP contribution is 2.18. The van der Waals surface area contributed by atoms with E-state index in [-0.39, 0.29) is 6.04 Å². The van der Waals surface area contributed by atoms with Gasteiger partial charge in [-0.05, 0) is 26.2 Å². The third-order valence-electron chi connectivity index (χ3n) is 2.28. The molecule has 0 spiro atoms. The van der Waals surface area contributed by atoms with Crippen LogP contribution in [0.15, 0.2) is 0 Å². The lowest BCUT2D eigenvalue weighted by Gasteiger charge is -2.11. The van der Waals surface area contributed by atoms with E-state index in [9.17, 15) is 0 Å². The molecule has 0 bridgehead atoms. The number of aryl methyl sites for hydroxylation is 2. The number of aromatic nitrogens is 1. The van der Waals surface area contributed by atoms with Crippen LogP contribution in [0.3, 0.4) is 0 Å². The Morgan fingerprint density at radius 3 is 2.43 bits per heavy atom. The lowest BCUT2D eigenvalue weighted by Crippen LogP contribution is -2.24. The molecule has 2 nitrogen and oxygen atoms in total. The summed E-state index contributed by atoms with van der Waals surface area (Å²) < 4.78 is 0. The molecule has 1 heterocycles. The maximum Gasteiger partial charge on any atom is 0.0946 e. The van der Waals surface area contributed by atoms with E-state index in [2.05, 4.69) is 32.7 Å². The zero-order valence-electron chi connectivity index (χ0n) is 9.50. The number of thiazole rings is 1. The molecule has 3 heteroatoms. The van der Waals surface area contributed by atoms with Gasteiger partial charge >= 0.3 is 0 Å². The van der Waals surface area contributed by atoms with Crippen molar-refractivity contribution in [3.63, 3.8) is 0 Å². The summed E-state index contributed by atoms with van der Waals surface area (Å²) in [6.45, 7) is 8.59. The van der Waals surface area contributed by atoms with Crippen LogP contribution in [0.5, 0.6) is 0 Å². The zero-order valence-corrected chi connectivity index (χ0v) is 10.3. The lowest BCUT2D eigenvalue weighted by atomic mass is 10.0. The predicted octanol–water partition coefficient (Wildman–Crippen LogP) is 2.68. The minimum Gasteiger partial charge on any atom is -0.327 e. The molecule has 1 aromatic heterocycles. The number of rotatable bonds is 4. The molecule has 0 aromatic carbocycles. The Morgan fingerprint density at radius 2 is 2.00 bits per heavy atom. The molecule has 0 aliphatic carbocycles. The van der Waals surface area contributed by atoms with Crippen molar-refractivity contribution >= 4 is 11.3 Å². The molecule has 1 aromatic rings. The van der Waals surface area contributed by atoms with Crippen molar-refractivity contribution < 1.29 is 0 Å². The maximum atomic E-state index is 6.03. The van der Waals surface area contributed by atoms with Crippen LogP contribution in [0, 0.1) is 19.8 Å². The van der Waals surface area contributed by atoms with Crippen molar-refractivity contribution in [1.29, 1.82) is 0 Å². The van der Waals surface area contributed by atoms with Gasteiger partial charge in [0.25, 0.3) is 0 Å². The van der Waals surface area contributed by atoms with Crippen LogP contribution in [-0.4, -0.2) is 11.0 Å². The van der Waals surface area contributed by atoms with Gasteiger partial charge in [0.2, 0.25) is 0 Å². The van der Waals surface area contributed by atoms with Crippen molar-refractivity contribution in [3.8, 4) is 0 Å². The van der Waals surface area contributed by atoms with E-state index in [1.807, 2.05) is 0 Å². The van der Waals surface area contributed by atoms with Gasteiger partial charge in [0.05, 0.1) is 10.7 Å². The summed E-state index contributed by atoms with van der Waals surface area (Å²) in [6.07, 6.45) is 2.01. The third kappa shape index (κ3) is 3.39. The summed E-state index contributed by atoms with van der Waals surface area (Å²) in [5.41, 5.74) is 7.19. The second kappa shape index (κ2) is 4.89. The fourth-order valence-electron chi connectivity index (χ4n) is 1.54. The molecule has 0 saturated heterocycles. The normalized spacial score (nSPS) is 13.6. The SMILES string of the molecule is Cc1nc(CC(N)CC(C)C)sc1C. The first kappa shape index (κ1) is 11.7. The van der Waals surface area contributed by atoms with Gasteiger partial charge in [0.1, 0.15) is 0 Å². The predicted molar refractivity (Wildman–Crippen MR) is 62.7 cm³/mol. The van der Waals surface area contributed by atoms with Crippen LogP contribution >= 0.6 is 11.3 Å². The third-order valence-corrected chi connectivity index (χ3v) is 3.38. The molecular formula is C11H20N2S. The molecule has 80 valence electrons. The van der Waals surface area contributed by atoms with Crippen molar-refractivity contribution in [3.05, 3.63) is 15.6 Å². The lowest BCUT2D eigenvalue weighted by molar-refractivity contribution is 0.493. The Bertz CT molecular complexity index is 272. The molecule has 0 amide bonds. The first-order chi connectivity index (χ1) is 6.49. The van der Waals surface area contributed by atoms with Gasteiger partial charge in [-0.2, -0.15) is 0 Å². The van der Waals surface area contributed by atoms with Crippen LogP contribution < -0.4 is 5.73 Å². The average molecular weight is 212 g/mol. The summed E-state index contributed by atoms with van der Waals surface area (Å²) in [6, 6.07) is 0.264. The van der Waals surface area contributed by atoms with Gasteiger partial charge < -0.3 is 5.73 Å². The van der Waals surface area contributed by atoms with Crippen LogP contribution in [0.4, 0.5) is 0 Å². The number of hydrogen-bond donors (Lipinski definition) is 1. The molecule has 1 atom stereocenters. The number of hydrogen-bond acceptors (Lipinski definition) is 3. The molecule has 14 heavy (non-hydrogen) atoms. The fraction of sp³-hybridized carbons (Fsp3) is 0.727. The van der Waals surface area contributed by atoms with Crippen LogP contribution in [0.1, 0.15) is 35.8 Å². The first-order valence-corrected chi connectivity index (χ1v) is 5.99. The molecule has 0 radical (unpaired) electrons. The van der Waals surface area contributed by atoms with Gasteiger partial charge in [-0.3, -0.25) is 0 Å². The summed E-state index contributed by atoms with van der Waals surface area (Å²) in [5.74, 6) is 0.673. The molecule has 1 rings (SSSR count). The summed E-state index contributed by atoms with van der Waals surface area (Å²) in [5, 5.41) is 1.19. The Labute approximate surface area is 90.6 Å². The van der Waals surface area contributed by atoms with E-state index in [0.717, 1.165) is 18.5 Å². The minimum atomic E-state index is 0.264. The van der Waals surface area contributed by atoms with E-state index < -0.39 is 0 Å².